The van der Waals surface area contributed by atoms with Gasteiger partial charge in [0.25, 0.3) is 0 Å². The molecule has 2 heterocycles. The van der Waals surface area contributed by atoms with Gasteiger partial charge in [0.1, 0.15) is 23.5 Å². The van der Waals surface area contributed by atoms with Crippen molar-refractivity contribution in [3.63, 3.8) is 0 Å². The Morgan fingerprint density at radius 2 is 2.07 bits per heavy atom. The minimum atomic E-state index is 0.338. The Balaban J connectivity index is 2.56. The zero-order valence-electron chi connectivity index (χ0n) is 7.75. The van der Waals surface area contributed by atoms with E-state index in [2.05, 4.69) is 11.1 Å². The summed E-state index contributed by atoms with van der Waals surface area (Å²) in [5.74, 6) is 0. The standard InChI is InChI=1S/C11H6N4/c12-7-9-6-10(3-4-14-9)15-5-1-2-11(15)8-13/h1-6H. The predicted octanol–water partition coefficient (Wildman–Crippen LogP) is 1.62. The summed E-state index contributed by atoms with van der Waals surface area (Å²) in [4.78, 5) is 3.87. The molecule has 2 aromatic rings. The van der Waals surface area contributed by atoms with Gasteiger partial charge in [0.2, 0.25) is 0 Å². The highest BCUT2D eigenvalue weighted by Gasteiger charge is 2.02. The lowest BCUT2D eigenvalue weighted by Crippen LogP contribution is -1.96. The molecule has 0 bridgehead atoms. The maximum Gasteiger partial charge on any atom is 0.142 e. The number of nitrogens with zero attached hydrogens (tertiary/aromatic N) is 4. The molecule has 0 saturated heterocycles. The van der Waals surface area contributed by atoms with Crippen molar-refractivity contribution in [1.29, 1.82) is 10.5 Å². The normalized spacial score (nSPS) is 9.20. The summed E-state index contributed by atoms with van der Waals surface area (Å²) in [5, 5.41) is 17.5. The van der Waals surface area contributed by atoms with Crippen molar-refractivity contribution >= 4 is 0 Å². The maximum absolute atomic E-state index is 8.84. The fourth-order valence-electron chi connectivity index (χ4n) is 1.33. The summed E-state index contributed by atoms with van der Waals surface area (Å²) in [6.07, 6.45) is 3.32. The van der Waals surface area contributed by atoms with Crippen molar-refractivity contribution in [3.8, 4) is 17.8 Å². The van der Waals surface area contributed by atoms with Gasteiger partial charge in [-0.1, -0.05) is 0 Å². The Labute approximate surface area is 86.6 Å². The molecule has 0 atom stereocenters. The third-order valence-corrected chi connectivity index (χ3v) is 2.00. The second kappa shape index (κ2) is 3.65. The first-order valence-electron chi connectivity index (χ1n) is 4.29. The van der Waals surface area contributed by atoms with Crippen LogP contribution in [-0.4, -0.2) is 9.55 Å². The molecule has 0 aromatic carbocycles. The average Bonchev–Trinajstić information content (AvgIpc) is 2.77. The molecule has 15 heavy (non-hydrogen) atoms. The van der Waals surface area contributed by atoms with Gasteiger partial charge in [0.05, 0.1) is 5.69 Å². The van der Waals surface area contributed by atoms with Crippen molar-refractivity contribution in [2.45, 2.75) is 0 Å². The first-order chi connectivity index (χ1) is 7.35. The molecule has 70 valence electrons. The fraction of sp³-hybridized carbons (Fsp3) is 0. The average molecular weight is 194 g/mol. The molecule has 0 amide bonds. The van der Waals surface area contributed by atoms with Crippen LogP contribution in [0, 0.1) is 22.7 Å². The van der Waals surface area contributed by atoms with Crippen LogP contribution in [0.25, 0.3) is 5.69 Å². The molecule has 0 radical (unpaired) electrons. The Hall–Kier alpha value is -2.59. The third kappa shape index (κ3) is 1.56. The van der Waals surface area contributed by atoms with Crippen LogP contribution in [0.2, 0.25) is 0 Å². The molecule has 0 aliphatic rings. The lowest BCUT2D eigenvalue weighted by molar-refractivity contribution is 1.04. The Kier molecular flexibility index (Phi) is 2.19. The number of aromatic nitrogens is 2. The van der Waals surface area contributed by atoms with Crippen LogP contribution in [0.15, 0.2) is 36.7 Å². The lowest BCUT2D eigenvalue weighted by atomic mass is 10.3. The summed E-state index contributed by atoms with van der Waals surface area (Å²) in [6.45, 7) is 0. The van der Waals surface area contributed by atoms with Gasteiger partial charge in [-0.3, -0.25) is 0 Å². The first-order valence-corrected chi connectivity index (χ1v) is 4.29. The van der Waals surface area contributed by atoms with Gasteiger partial charge in [0.15, 0.2) is 0 Å². The number of pyridine rings is 1. The van der Waals surface area contributed by atoms with E-state index in [0.717, 1.165) is 5.69 Å². The second-order valence-corrected chi connectivity index (χ2v) is 2.89. The van der Waals surface area contributed by atoms with Crippen molar-refractivity contribution < 1.29 is 0 Å². The van der Waals surface area contributed by atoms with Gasteiger partial charge in [0, 0.05) is 12.4 Å². The summed E-state index contributed by atoms with van der Waals surface area (Å²) in [5.41, 5.74) is 1.64. The zero-order valence-corrected chi connectivity index (χ0v) is 7.75. The molecule has 0 N–H and O–H groups in total. The molecule has 0 saturated carbocycles. The van der Waals surface area contributed by atoms with E-state index in [-0.39, 0.29) is 0 Å². The SMILES string of the molecule is N#Cc1cc(-n2cccc2C#N)ccn1. The maximum atomic E-state index is 8.84. The Morgan fingerprint density at radius 1 is 1.20 bits per heavy atom. The molecule has 0 unspecified atom stereocenters. The largest absolute Gasteiger partial charge is 0.308 e. The number of nitriles is 2. The highest BCUT2D eigenvalue weighted by Crippen LogP contribution is 2.11. The van der Waals surface area contributed by atoms with Gasteiger partial charge in [-0.25, -0.2) is 4.98 Å². The van der Waals surface area contributed by atoms with E-state index in [1.54, 1.807) is 41.2 Å². The predicted molar refractivity (Wildman–Crippen MR) is 53.0 cm³/mol. The highest BCUT2D eigenvalue weighted by atomic mass is 15.0. The van der Waals surface area contributed by atoms with E-state index < -0.39 is 0 Å². The molecular formula is C11H6N4. The number of hydrogen-bond donors (Lipinski definition) is 0. The van der Waals surface area contributed by atoms with Crippen LogP contribution < -0.4 is 0 Å². The highest BCUT2D eigenvalue weighted by molar-refractivity contribution is 5.41. The third-order valence-electron chi connectivity index (χ3n) is 2.00. The van der Waals surface area contributed by atoms with Crippen molar-refractivity contribution in [2.24, 2.45) is 0 Å². The molecule has 0 aliphatic carbocycles. The van der Waals surface area contributed by atoms with E-state index in [1.807, 2.05) is 6.07 Å². The van der Waals surface area contributed by atoms with Crippen LogP contribution in [-0.2, 0) is 0 Å². The zero-order chi connectivity index (χ0) is 10.7. The molecule has 0 fully saturated rings. The van der Waals surface area contributed by atoms with Gasteiger partial charge in [-0.2, -0.15) is 10.5 Å². The van der Waals surface area contributed by atoms with Gasteiger partial charge in [-0.05, 0) is 24.3 Å². The minimum Gasteiger partial charge on any atom is -0.308 e. The molecular weight excluding hydrogens is 188 g/mol. The van der Waals surface area contributed by atoms with Crippen LogP contribution in [0.4, 0.5) is 0 Å². The van der Waals surface area contributed by atoms with Gasteiger partial charge in [-0.15, -0.1) is 0 Å². The molecule has 2 aromatic heterocycles. The topological polar surface area (TPSA) is 65.4 Å². The van der Waals surface area contributed by atoms with Gasteiger partial charge < -0.3 is 4.57 Å². The van der Waals surface area contributed by atoms with Crippen LogP contribution in [0.3, 0.4) is 0 Å². The van der Waals surface area contributed by atoms with Crippen molar-refractivity contribution in [1.82, 2.24) is 9.55 Å². The van der Waals surface area contributed by atoms with E-state index in [1.165, 1.54) is 0 Å². The van der Waals surface area contributed by atoms with E-state index in [4.69, 9.17) is 10.5 Å². The minimum absolute atomic E-state index is 0.338. The molecule has 4 nitrogen and oxygen atoms in total. The lowest BCUT2D eigenvalue weighted by Gasteiger charge is -2.03. The smallest absolute Gasteiger partial charge is 0.142 e. The van der Waals surface area contributed by atoms with Crippen LogP contribution >= 0.6 is 0 Å². The summed E-state index contributed by atoms with van der Waals surface area (Å²) in [7, 11) is 0. The fourth-order valence-corrected chi connectivity index (χ4v) is 1.33. The molecule has 2 rings (SSSR count). The van der Waals surface area contributed by atoms with Crippen molar-refractivity contribution in [3.05, 3.63) is 48.0 Å². The Morgan fingerprint density at radius 3 is 2.80 bits per heavy atom. The summed E-state index contributed by atoms with van der Waals surface area (Å²) in [6, 6.07) is 10.9. The number of rotatable bonds is 1. The monoisotopic (exact) mass is 194 g/mol. The van der Waals surface area contributed by atoms with Gasteiger partial charge >= 0.3 is 0 Å². The molecule has 0 aliphatic heterocycles. The van der Waals surface area contributed by atoms with E-state index >= 15 is 0 Å². The summed E-state index contributed by atoms with van der Waals surface area (Å²) < 4.78 is 1.71. The number of hydrogen-bond acceptors (Lipinski definition) is 3. The van der Waals surface area contributed by atoms with Crippen molar-refractivity contribution in [2.75, 3.05) is 0 Å². The summed E-state index contributed by atoms with van der Waals surface area (Å²) >= 11 is 0. The first kappa shape index (κ1) is 8.98. The van der Waals surface area contributed by atoms with Crippen LogP contribution in [0.5, 0.6) is 0 Å². The quantitative estimate of drug-likeness (QED) is 0.692. The van der Waals surface area contributed by atoms with Crippen LogP contribution in [0.1, 0.15) is 11.4 Å². The Bertz CT molecular complexity index is 569. The van der Waals surface area contributed by atoms with E-state index in [0.29, 0.717) is 11.4 Å². The molecule has 0 spiro atoms. The molecule has 4 heteroatoms. The van der Waals surface area contributed by atoms with E-state index in [9.17, 15) is 0 Å². The second-order valence-electron chi connectivity index (χ2n) is 2.89.